The Morgan fingerprint density at radius 2 is 1.65 bits per heavy atom. The molecule has 0 saturated heterocycles. The van der Waals surface area contributed by atoms with Gasteiger partial charge < -0.3 is 0 Å². The van der Waals surface area contributed by atoms with Crippen LogP contribution in [0.15, 0.2) is 51.4 Å². The molecule has 3 heteroatoms. The molecule has 86 valence electrons. The molecule has 0 unspecified atom stereocenters. The third-order valence-electron chi connectivity index (χ3n) is 2.27. The van der Waals surface area contributed by atoms with Gasteiger partial charge in [-0.25, -0.2) is 0 Å². The Balaban J connectivity index is 2.26. The van der Waals surface area contributed by atoms with Gasteiger partial charge in [-0.3, -0.25) is 0 Å². The molecule has 2 rings (SSSR count). The molecule has 0 aliphatic carbocycles. The Labute approximate surface area is 123 Å². The van der Waals surface area contributed by atoms with Crippen molar-refractivity contribution in [2.75, 3.05) is 0 Å². The highest BCUT2D eigenvalue weighted by Crippen LogP contribution is 2.23. The number of rotatable bonds is 2. The van der Waals surface area contributed by atoms with Crippen molar-refractivity contribution in [3.05, 3.63) is 67.6 Å². The zero-order chi connectivity index (χ0) is 12.3. The molecule has 0 saturated carbocycles. The minimum absolute atomic E-state index is 0.741. The smallest absolute Gasteiger partial charge is 0.0489 e. The fourth-order valence-corrected chi connectivity index (χ4v) is 2.59. The van der Waals surface area contributed by atoms with Crippen LogP contribution < -0.4 is 0 Å². The van der Waals surface area contributed by atoms with Crippen molar-refractivity contribution < 1.29 is 0 Å². The molecule has 0 fully saturated rings. The lowest BCUT2D eigenvalue weighted by molar-refractivity contribution is 1.60. The second-order valence-corrected chi connectivity index (χ2v) is 5.79. The van der Waals surface area contributed by atoms with E-state index >= 15 is 0 Å². The summed E-state index contributed by atoms with van der Waals surface area (Å²) in [5, 5.41) is 0.741. The molecule has 0 spiro atoms. The lowest BCUT2D eigenvalue weighted by Crippen LogP contribution is -1.76. The van der Waals surface area contributed by atoms with Gasteiger partial charge in [0.15, 0.2) is 0 Å². The molecule has 0 N–H and O–H groups in total. The Morgan fingerprint density at radius 3 is 2.35 bits per heavy atom. The van der Waals surface area contributed by atoms with Crippen LogP contribution in [0.5, 0.6) is 0 Å². The maximum Gasteiger partial charge on any atom is 0.0489 e. The van der Waals surface area contributed by atoms with E-state index < -0.39 is 0 Å². The summed E-state index contributed by atoms with van der Waals surface area (Å²) in [6.07, 6.45) is 4.05. The number of hydrogen-bond acceptors (Lipinski definition) is 0. The molecule has 0 bridgehead atoms. The Morgan fingerprint density at radius 1 is 0.882 bits per heavy atom. The van der Waals surface area contributed by atoms with Gasteiger partial charge in [0.1, 0.15) is 0 Å². The molecule has 2 aromatic carbocycles. The monoisotopic (exact) mass is 370 g/mol. The lowest BCUT2D eigenvalue weighted by Gasteiger charge is -1.99. The normalized spacial score (nSPS) is 11.0. The van der Waals surface area contributed by atoms with Gasteiger partial charge in [-0.1, -0.05) is 73.8 Å². The second-order valence-electron chi connectivity index (χ2n) is 3.55. The SMILES string of the molecule is Clc1cc(Br)ccc1C=Cc1cccc(Br)c1. The van der Waals surface area contributed by atoms with Gasteiger partial charge in [-0.2, -0.15) is 0 Å². The highest BCUT2D eigenvalue weighted by Gasteiger charge is 1.97. The lowest BCUT2D eigenvalue weighted by atomic mass is 10.1. The summed E-state index contributed by atoms with van der Waals surface area (Å²) >= 11 is 13.0. The van der Waals surface area contributed by atoms with Crippen LogP contribution in [-0.2, 0) is 0 Å². The quantitative estimate of drug-likeness (QED) is 0.564. The minimum Gasteiger partial charge on any atom is -0.0836 e. The summed E-state index contributed by atoms with van der Waals surface area (Å²) in [5.74, 6) is 0. The van der Waals surface area contributed by atoms with Crippen molar-refractivity contribution in [1.82, 2.24) is 0 Å². The highest BCUT2D eigenvalue weighted by molar-refractivity contribution is 9.10. The summed E-state index contributed by atoms with van der Waals surface area (Å²) in [6, 6.07) is 14.0. The van der Waals surface area contributed by atoms with Crippen LogP contribution in [0.2, 0.25) is 5.02 Å². The van der Waals surface area contributed by atoms with E-state index in [-0.39, 0.29) is 0 Å². The first-order valence-electron chi connectivity index (χ1n) is 5.04. The summed E-state index contributed by atoms with van der Waals surface area (Å²) in [4.78, 5) is 0. The van der Waals surface area contributed by atoms with Crippen LogP contribution in [0.4, 0.5) is 0 Å². The van der Waals surface area contributed by atoms with Crippen LogP contribution in [0, 0.1) is 0 Å². The van der Waals surface area contributed by atoms with Gasteiger partial charge in [0.05, 0.1) is 0 Å². The fourth-order valence-electron chi connectivity index (χ4n) is 1.43. The molecule has 2 aromatic rings. The Hall–Kier alpha value is -0.570. The zero-order valence-corrected chi connectivity index (χ0v) is 12.8. The van der Waals surface area contributed by atoms with Crippen molar-refractivity contribution in [2.24, 2.45) is 0 Å². The van der Waals surface area contributed by atoms with Crippen LogP contribution in [-0.4, -0.2) is 0 Å². The van der Waals surface area contributed by atoms with E-state index in [1.54, 1.807) is 0 Å². The Kier molecular flexibility index (Phi) is 4.43. The van der Waals surface area contributed by atoms with E-state index in [0.717, 1.165) is 25.1 Å². The van der Waals surface area contributed by atoms with E-state index in [4.69, 9.17) is 11.6 Å². The Bertz CT molecular complexity index is 562. The maximum atomic E-state index is 6.14. The molecule has 17 heavy (non-hydrogen) atoms. The van der Waals surface area contributed by atoms with Crippen molar-refractivity contribution in [1.29, 1.82) is 0 Å². The first kappa shape index (κ1) is 12.9. The van der Waals surface area contributed by atoms with Crippen LogP contribution in [0.3, 0.4) is 0 Å². The molecule has 0 radical (unpaired) electrons. The van der Waals surface area contributed by atoms with Gasteiger partial charge in [-0.05, 0) is 35.4 Å². The predicted molar refractivity (Wildman–Crippen MR) is 82.2 cm³/mol. The molecule has 0 nitrogen and oxygen atoms in total. The summed E-state index contributed by atoms with van der Waals surface area (Å²) in [5.41, 5.74) is 2.15. The predicted octanol–water partition coefficient (Wildman–Crippen LogP) is 6.04. The average molecular weight is 372 g/mol. The molecular weight excluding hydrogens is 363 g/mol. The first-order chi connectivity index (χ1) is 8.15. The third-order valence-corrected chi connectivity index (χ3v) is 3.58. The van der Waals surface area contributed by atoms with E-state index in [1.165, 1.54) is 0 Å². The van der Waals surface area contributed by atoms with E-state index in [2.05, 4.69) is 37.9 Å². The van der Waals surface area contributed by atoms with Crippen molar-refractivity contribution in [2.45, 2.75) is 0 Å². The summed E-state index contributed by atoms with van der Waals surface area (Å²) < 4.78 is 2.06. The number of hydrogen-bond donors (Lipinski definition) is 0. The van der Waals surface area contributed by atoms with Gasteiger partial charge in [0, 0.05) is 14.0 Å². The van der Waals surface area contributed by atoms with E-state index in [1.807, 2.05) is 48.6 Å². The van der Waals surface area contributed by atoms with Crippen LogP contribution in [0.1, 0.15) is 11.1 Å². The van der Waals surface area contributed by atoms with Gasteiger partial charge in [0.2, 0.25) is 0 Å². The number of benzene rings is 2. The highest BCUT2D eigenvalue weighted by atomic mass is 79.9. The van der Waals surface area contributed by atoms with Gasteiger partial charge in [0.25, 0.3) is 0 Å². The summed E-state index contributed by atoms with van der Waals surface area (Å²) in [6.45, 7) is 0. The standard InChI is InChI=1S/C14H9Br2Cl/c15-12-3-1-2-10(8-12)4-5-11-6-7-13(16)9-14(11)17/h1-9H. The largest absolute Gasteiger partial charge is 0.0836 e. The van der Waals surface area contributed by atoms with Crippen LogP contribution in [0.25, 0.3) is 12.2 Å². The van der Waals surface area contributed by atoms with Gasteiger partial charge in [-0.15, -0.1) is 0 Å². The molecule has 0 heterocycles. The number of halogens is 3. The first-order valence-corrected chi connectivity index (χ1v) is 7.00. The third kappa shape index (κ3) is 3.70. The van der Waals surface area contributed by atoms with Crippen molar-refractivity contribution in [3.8, 4) is 0 Å². The topological polar surface area (TPSA) is 0 Å². The maximum absolute atomic E-state index is 6.14. The van der Waals surface area contributed by atoms with Crippen molar-refractivity contribution >= 4 is 55.6 Å². The molecule has 0 aliphatic heterocycles. The second kappa shape index (κ2) is 5.85. The molecule has 0 aliphatic rings. The fraction of sp³-hybridized carbons (Fsp3) is 0. The molecule has 0 atom stereocenters. The molecule has 0 aromatic heterocycles. The van der Waals surface area contributed by atoms with Crippen molar-refractivity contribution in [3.63, 3.8) is 0 Å². The van der Waals surface area contributed by atoms with Gasteiger partial charge >= 0.3 is 0 Å². The van der Waals surface area contributed by atoms with Crippen LogP contribution >= 0.6 is 43.5 Å². The van der Waals surface area contributed by atoms with E-state index in [0.29, 0.717) is 0 Å². The molecule has 0 amide bonds. The average Bonchev–Trinajstić information content (AvgIpc) is 2.28. The van der Waals surface area contributed by atoms with E-state index in [9.17, 15) is 0 Å². The molecular formula is C14H9Br2Cl. The minimum atomic E-state index is 0.741. The summed E-state index contributed by atoms with van der Waals surface area (Å²) in [7, 11) is 0. The zero-order valence-electron chi connectivity index (χ0n) is 8.83.